The molecule has 0 bridgehead atoms. The van der Waals surface area contributed by atoms with E-state index in [1.54, 1.807) is 16.5 Å². The van der Waals surface area contributed by atoms with Crippen molar-refractivity contribution in [3.05, 3.63) is 33.9 Å². The van der Waals surface area contributed by atoms with E-state index in [2.05, 4.69) is 5.32 Å². The summed E-state index contributed by atoms with van der Waals surface area (Å²) in [5.41, 5.74) is -1.37. The summed E-state index contributed by atoms with van der Waals surface area (Å²) < 4.78 is 36.1. The molecule has 1 aromatic heterocycles. The molecule has 1 atom stereocenters. The van der Waals surface area contributed by atoms with Gasteiger partial charge in [0.15, 0.2) is 11.6 Å². The van der Waals surface area contributed by atoms with Gasteiger partial charge in [0, 0.05) is 25.3 Å². The molecule has 2 aromatic rings. The molecule has 9 heteroatoms. The normalized spacial score (nSPS) is 21.7. The molecule has 2 fully saturated rings. The fourth-order valence-corrected chi connectivity index (χ4v) is 4.17. The number of carboxylic acid groups (broad SMARTS) is 1. The van der Waals surface area contributed by atoms with Crippen LogP contribution < -0.4 is 20.4 Å². The van der Waals surface area contributed by atoms with E-state index in [-0.39, 0.29) is 29.4 Å². The number of alkyl halides is 1. The van der Waals surface area contributed by atoms with Gasteiger partial charge >= 0.3 is 5.97 Å². The number of fused-ring (bicyclic) bond motifs is 1. The Morgan fingerprint density at radius 2 is 2.17 bits per heavy atom. The number of benzene rings is 1. The molecule has 1 aliphatic heterocycles. The minimum atomic E-state index is -1.35. The second-order valence-corrected chi connectivity index (χ2v) is 7.79. The topological polar surface area (TPSA) is 83.8 Å². The summed E-state index contributed by atoms with van der Waals surface area (Å²) in [4.78, 5) is 26.0. The molecule has 4 rings (SSSR count). The maximum atomic E-state index is 15.2. The van der Waals surface area contributed by atoms with Gasteiger partial charge in [-0.15, -0.1) is 0 Å². The number of hydrogen-bond acceptors (Lipinski definition) is 5. The molecule has 2 N–H and O–H groups in total. The van der Waals surface area contributed by atoms with Crippen molar-refractivity contribution < 1.29 is 23.4 Å². The number of halogens is 2. The lowest BCUT2D eigenvalue weighted by atomic mass is 10.0. The molecule has 2 heterocycles. The Kier molecular flexibility index (Phi) is 4.72. The monoisotopic (exact) mass is 407 g/mol. The number of methoxy groups -OCH3 is 1. The molecular weight excluding hydrogens is 384 g/mol. The van der Waals surface area contributed by atoms with Gasteiger partial charge in [-0.05, 0) is 32.4 Å². The summed E-state index contributed by atoms with van der Waals surface area (Å²) in [6, 6.07) is 1.11. The van der Waals surface area contributed by atoms with E-state index in [0.717, 1.165) is 18.9 Å². The molecular formula is C20H23F2N3O4. The van der Waals surface area contributed by atoms with Crippen molar-refractivity contribution in [1.82, 2.24) is 9.88 Å². The Bertz CT molecular complexity index is 1040. The van der Waals surface area contributed by atoms with Gasteiger partial charge in [-0.1, -0.05) is 0 Å². The van der Waals surface area contributed by atoms with Crippen molar-refractivity contribution in [2.75, 3.05) is 38.8 Å². The first kappa shape index (κ1) is 19.6. The number of anilines is 1. The van der Waals surface area contributed by atoms with Gasteiger partial charge in [-0.2, -0.15) is 0 Å². The Morgan fingerprint density at radius 3 is 2.69 bits per heavy atom. The summed E-state index contributed by atoms with van der Waals surface area (Å²) >= 11 is 0. The summed E-state index contributed by atoms with van der Waals surface area (Å²) in [5.74, 6) is -1.87. The van der Waals surface area contributed by atoms with E-state index in [0.29, 0.717) is 18.5 Å². The Morgan fingerprint density at radius 1 is 1.45 bits per heavy atom. The molecule has 0 amide bonds. The zero-order chi connectivity index (χ0) is 20.9. The number of likely N-dealkylation sites (N-methyl/N-ethyl adjacent to an activating group) is 1. The standard InChI is InChI=1S/C20H23F2N3O4/c1-23-20(9-21)5-6-24(10-20)16-14(22)7-12-15(18(16)29-2)25(11-3-4-11)8-13(17(12)26)19(27)28/h7-8,11,23H,3-6,9-10H2,1-2H3,(H,27,28). The predicted octanol–water partition coefficient (Wildman–Crippen LogP) is 2.32. The molecule has 29 heavy (non-hydrogen) atoms. The molecule has 2 aliphatic rings. The van der Waals surface area contributed by atoms with Gasteiger partial charge < -0.3 is 24.6 Å². The number of ether oxygens (including phenoxy) is 1. The van der Waals surface area contributed by atoms with Gasteiger partial charge in [0.1, 0.15) is 17.9 Å². The average molecular weight is 407 g/mol. The first-order chi connectivity index (χ1) is 13.9. The number of rotatable bonds is 6. The van der Waals surface area contributed by atoms with E-state index >= 15 is 4.39 Å². The quantitative estimate of drug-likeness (QED) is 0.765. The Hall–Kier alpha value is -2.68. The molecule has 1 aromatic carbocycles. The lowest BCUT2D eigenvalue weighted by Gasteiger charge is -2.28. The minimum Gasteiger partial charge on any atom is -0.492 e. The van der Waals surface area contributed by atoms with E-state index in [1.807, 2.05) is 0 Å². The molecule has 156 valence electrons. The minimum absolute atomic E-state index is 0.0283. The van der Waals surface area contributed by atoms with E-state index in [1.165, 1.54) is 13.3 Å². The number of aromatic nitrogens is 1. The lowest BCUT2D eigenvalue weighted by Crippen LogP contribution is -2.47. The van der Waals surface area contributed by atoms with Crippen LogP contribution in [0.2, 0.25) is 0 Å². The van der Waals surface area contributed by atoms with Crippen LogP contribution in [0.1, 0.15) is 35.7 Å². The maximum Gasteiger partial charge on any atom is 0.341 e. The van der Waals surface area contributed by atoms with Crippen molar-refractivity contribution in [3.8, 4) is 5.75 Å². The number of nitrogens with one attached hydrogen (secondary N) is 1. The number of carboxylic acids is 1. The fraction of sp³-hybridized carbons (Fsp3) is 0.500. The van der Waals surface area contributed by atoms with Crippen LogP contribution in [0.5, 0.6) is 5.75 Å². The molecule has 1 saturated heterocycles. The predicted molar refractivity (Wildman–Crippen MR) is 105 cm³/mol. The molecule has 7 nitrogen and oxygen atoms in total. The first-order valence-electron chi connectivity index (χ1n) is 9.54. The van der Waals surface area contributed by atoms with Crippen molar-refractivity contribution in [1.29, 1.82) is 0 Å². The number of hydrogen-bond donors (Lipinski definition) is 2. The number of pyridine rings is 1. The molecule has 0 radical (unpaired) electrons. The molecule has 1 saturated carbocycles. The summed E-state index contributed by atoms with van der Waals surface area (Å²) in [6.45, 7) is 0.0797. The first-order valence-corrected chi connectivity index (χ1v) is 9.54. The van der Waals surface area contributed by atoms with Gasteiger partial charge in [0.2, 0.25) is 5.43 Å². The van der Waals surface area contributed by atoms with Gasteiger partial charge in [-0.3, -0.25) is 4.79 Å². The van der Waals surface area contributed by atoms with Crippen molar-refractivity contribution in [2.45, 2.75) is 30.8 Å². The number of aromatic carboxylic acids is 1. The van der Waals surface area contributed by atoms with Crippen molar-refractivity contribution >= 4 is 22.6 Å². The van der Waals surface area contributed by atoms with Crippen LogP contribution in [-0.4, -0.2) is 55.1 Å². The third-order valence-corrected chi connectivity index (χ3v) is 6.03. The molecule has 1 unspecified atom stereocenters. The van der Waals surface area contributed by atoms with E-state index < -0.39 is 35.0 Å². The van der Waals surface area contributed by atoms with Crippen LogP contribution >= 0.6 is 0 Å². The fourth-order valence-electron chi connectivity index (χ4n) is 4.17. The highest BCUT2D eigenvalue weighted by Crippen LogP contribution is 2.44. The highest BCUT2D eigenvalue weighted by Gasteiger charge is 2.40. The number of carbonyl (C=O) groups is 1. The summed E-state index contributed by atoms with van der Waals surface area (Å²) in [6.07, 6.45) is 3.48. The van der Waals surface area contributed by atoms with Crippen LogP contribution in [0.4, 0.5) is 14.5 Å². The second-order valence-electron chi connectivity index (χ2n) is 7.79. The number of nitrogens with zero attached hydrogens (tertiary/aromatic N) is 2. The van der Waals surface area contributed by atoms with Crippen molar-refractivity contribution in [3.63, 3.8) is 0 Å². The highest BCUT2D eigenvalue weighted by molar-refractivity contribution is 5.97. The smallest absolute Gasteiger partial charge is 0.341 e. The summed E-state index contributed by atoms with van der Waals surface area (Å²) in [7, 11) is 3.07. The van der Waals surface area contributed by atoms with Gasteiger partial charge in [-0.25, -0.2) is 13.6 Å². The van der Waals surface area contributed by atoms with Gasteiger partial charge in [0.25, 0.3) is 0 Å². The highest BCUT2D eigenvalue weighted by atomic mass is 19.1. The average Bonchev–Trinajstić information content (AvgIpc) is 3.46. The summed E-state index contributed by atoms with van der Waals surface area (Å²) in [5, 5.41) is 12.4. The van der Waals surface area contributed by atoms with Crippen LogP contribution in [-0.2, 0) is 0 Å². The zero-order valence-electron chi connectivity index (χ0n) is 16.3. The van der Waals surface area contributed by atoms with E-state index in [4.69, 9.17) is 4.74 Å². The zero-order valence-corrected chi connectivity index (χ0v) is 16.3. The molecule has 1 aliphatic carbocycles. The SMILES string of the molecule is CNC1(CF)CCN(c2c(F)cc3c(=O)c(C(=O)O)cn(C4CC4)c3c2OC)C1. The van der Waals surface area contributed by atoms with Crippen LogP contribution in [0.3, 0.4) is 0 Å². The third kappa shape index (κ3) is 3.04. The Balaban J connectivity index is 1.97. The van der Waals surface area contributed by atoms with Gasteiger partial charge in [0.05, 0.1) is 23.6 Å². The van der Waals surface area contributed by atoms with E-state index in [9.17, 15) is 19.1 Å². The molecule has 0 spiro atoms. The Labute approximate surface area is 165 Å². The lowest BCUT2D eigenvalue weighted by molar-refractivity contribution is 0.0695. The van der Waals surface area contributed by atoms with Crippen LogP contribution in [0, 0.1) is 5.82 Å². The third-order valence-electron chi connectivity index (χ3n) is 6.03. The van der Waals surface area contributed by atoms with Crippen LogP contribution in [0.15, 0.2) is 17.1 Å². The maximum absolute atomic E-state index is 15.2. The van der Waals surface area contributed by atoms with Crippen LogP contribution in [0.25, 0.3) is 10.9 Å². The second kappa shape index (κ2) is 6.98. The largest absolute Gasteiger partial charge is 0.492 e. The van der Waals surface area contributed by atoms with Crippen molar-refractivity contribution in [2.24, 2.45) is 0 Å².